The lowest BCUT2D eigenvalue weighted by Gasteiger charge is -2.28. The number of amides is 1. The van der Waals surface area contributed by atoms with Crippen LogP contribution in [0.3, 0.4) is 0 Å². The maximum atomic E-state index is 13.3. The van der Waals surface area contributed by atoms with Gasteiger partial charge in [0, 0.05) is 12.2 Å². The Morgan fingerprint density at radius 2 is 1.69 bits per heavy atom. The third kappa shape index (κ3) is 4.34. The van der Waals surface area contributed by atoms with Gasteiger partial charge in [0.25, 0.3) is 0 Å². The van der Waals surface area contributed by atoms with Crippen molar-refractivity contribution < 1.29 is 13.9 Å². The average molecular weight is 379 g/mol. The molecule has 2 aromatic carbocycles. The van der Waals surface area contributed by atoms with E-state index in [1.807, 2.05) is 24.3 Å². The fourth-order valence-corrected chi connectivity index (χ4v) is 3.46. The molecule has 0 radical (unpaired) electrons. The molecule has 0 spiro atoms. The second-order valence-corrected chi connectivity index (χ2v) is 6.41. The molecule has 0 saturated heterocycles. The van der Waals surface area contributed by atoms with Crippen molar-refractivity contribution in [3.05, 3.63) is 59.9 Å². The van der Waals surface area contributed by atoms with Crippen LogP contribution in [0.5, 0.6) is 5.75 Å². The highest BCUT2D eigenvalue weighted by Crippen LogP contribution is 2.42. The van der Waals surface area contributed by atoms with Crippen LogP contribution >= 0.6 is 12.4 Å². The Hall–Kier alpha value is -2.11. The molecule has 0 unspecified atom stereocenters. The SMILES string of the molecule is Cl.NCCOc1ccc(NC(=O)C2(c3ccc(F)cc3)CCCC2)cc1. The number of hydrogen-bond acceptors (Lipinski definition) is 3. The normalized spacial score (nSPS) is 15.2. The molecule has 3 rings (SSSR count). The molecule has 1 amide bonds. The maximum absolute atomic E-state index is 13.3. The van der Waals surface area contributed by atoms with Gasteiger partial charge < -0.3 is 15.8 Å². The Morgan fingerprint density at radius 1 is 1.08 bits per heavy atom. The van der Waals surface area contributed by atoms with Gasteiger partial charge in [-0.15, -0.1) is 12.4 Å². The molecular weight excluding hydrogens is 355 g/mol. The highest BCUT2D eigenvalue weighted by atomic mass is 35.5. The second kappa shape index (κ2) is 9.01. The second-order valence-electron chi connectivity index (χ2n) is 6.41. The van der Waals surface area contributed by atoms with Crippen molar-refractivity contribution in [1.82, 2.24) is 0 Å². The van der Waals surface area contributed by atoms with Crippen LogP contribution in [0.4, 0.5) is 10.1 Å². The van der Waals surface area contributed by atoms with Crippen LogP contribution in [-0.4, -0.2) is 19.1 Å². The van der Waals surface area contributed by atoms with Crippen LogP contribution in [0.25, 0.3) is 0 Å². The number of carbonyl (C=O) groups is 1. The van der Waals surface area contributed by atoms with Crippen LogP contribution in [0.1, 0.15) is 31.2 Å². The first-order valence-corrected chi connectivity index (χ1v) is 8.64. The lowest BCUT2D eigenvalue weighted by Crippen LogP contribution is -2.38. The Balaban J connectivity index is 0.00000243. The van der Waals surface area contributed by atoms with Gasteiger partial charge in [-0.25, -0.2) is 4.39 Å². The highest BCUT2D eigenvalue weighted by molar-refractivity contribution is 5.99. The molecule has 0 aromatic heterocycles. The molecule has 1 aliphatic carbocycles. The van der Waals surface area contributed by atoms with E-state index in [4.69, 9.17) is 10.5 Å². The molecule has 4 nitrogen and oxygen atoms in total. The van der Waals surface area contributed by atoms with Gasteiger partial charge in [-0.3, -0.25) is 4.79 Å². The van der Waals surface area contributed by atoms with Crippen molar-refractivity contribution in [3.8, 4) is 5.75 Å². The van der Waals surface area contributed by atoms with Crippen LogP contribution < -0.4 is 15.8 Å². The van der Waals surface area contributed by atoms with E-state index in [1.165, 1.54) is 12.1 Å². The van der Waals surface area contributed by atoms with Gasteiger partial charge in [-0.05, 0) is 54.8 Å². The largest absolute Gasteiger partial charge is 0.492 e. The van der Waals surface area contributed by atoms with Gasteiger partial charge in [0.1, 0.15) is 18.2 Å². The van der Waals surface area contributed by atoms with E-state index in [2.05, 4.69) is 5.32 Å². The van der Waals surface area contributed by atoms with Crippen LogP contribution in [-0.2, 0) is 10.2 Å². The molecule has 0 aliphatic heterocycles. The zero-order chi connectivity index (χ0) is 17.7. The predicted octanol–water partition coefficient (Wildman–Crippen LogP) is 4.04. The van der Waals surface area contributed by atoms with Crippen LogP contribution in [0, 0.1) is 5.82 Å². The summed E-state index contributed by atoms with van der Waals surface area (Å²) in [5.74, 6) is 0.398. The lowest BCUT2D eigenvalue weighted by atomic mass is 9.78. The molecule has 2 aromatic rings. The van der Waals surface area contributed by atoms with E-state index in [0.717, 1.165) is 42.7 Å². The topological polar surface area (TPSA) is 64.3 Å². The quantitative estimate of drug-likeness (QED) is 0.797. The number of halogens is 2. The summed E-state index contributed by atoms with van der Waals surface area (Å²) in [5.41, 5.74) is 6.44. The molecule has 6 heteroatoms. The summed E-state index contributed by atoms with van der Waals surface area (Å²) in [6.45, 7) is 0.915. The highest BCUT2D eigenvalue weighted by Gasteiger charge is 2.42. The van der Waals surface area contributed by atoms with Crippen molar-refractivity contribution in [2.75, 3.05) is 18.5 Å². The molecule has 0 heterocycles. The smallest absolute Gasteiger partial charge is 0.235 e. The number of nitrogens with one attached hydrogen (secondary N) is 1. The zero-order valence-corrected chi connectivity index (χ0v) is 15.4. The van der Waals surface area contributed by atoms with Gasteiger partial charge >= 0.3 is 0 Å². The van der Waals surface area contributed by atoms with Crippen LogP contribution in [0.15, 0.2) is 48.5 Å². The molecule has 0 atom stereocenters. The molecule has 0 bridgehead atoms. The monoisotopic (exact) mass is 378 g/mol. The number of carbonyl (C=O) groups excluding carboxylic acids is 1. The molecule has 1 fully saturated rings. The van der Waals surface area contributed by atoms with Crippen molar-refractivity contribution in [3.63, 3.8) is 0 Å². The first kappa shape index (κ1) is 20.2. The number of ether oxygens (including phenoxy) is 1. The summed E-state index contributed by atoms with van der Waals surface area (Å²) in [6.07, 6.45) is 3.55. The maximum Gasteiger partial charge on any atom is 0.235 e. The zero-order valence-electron chi connectivity index (χ0n) is 14.5. The summed E-state index contributed by atoms with van der Waals surface area (Å²) >= 11 is 0. The van der Waals surface area contributed by atoms with E-state index in [0.29, 0.717) is 13.2 Å². The summed E-state index contributed by atoms with van der Waals surface area (Å²) < 4.78 is 18.7. The minimum atomic E-state index is -0.581. The van der Waals surface area contributed by atoms with E-state index >= 15 is 0 Å². The Bertz CT molecular complexity index is 714. The van der Waals surface area contributed by atoms with E-state index in [-0.39, 0.29) is 24.1 Å². The summed E-state index contributed by atoms with van der Waals surface area (Å²) in [7, 11) is 0. The van der Waals surface area contributed by atoms with Crippen molar-refractivity contribution in [2.24, 2.45) is 5.73 Å². The predicted molar refractivity (Wildman–Crippen MR) is 103 cm³/mol. The molecule has 1 saturated carbocycles. The number of anilines is 1. The van der Waals surface area contributed by atoms with E-state index in [1.54, 1.807) is 12.1 Å². The summed E-state index contributed by atoms with van der Waals surface area (Å²) in [4.78, 5) is 13.0. The molecule has 140 valence electrons. The van der Waals surface area contributed by atoms with Gasteiger partial charge in [0.15, 0.2) is 0 Å². The van der Waals surface area contributed by atoms with Gasteiger partial charge in [-0.2, -0.15) is 0 Å². The van der Waals surface area contributed by atoms with Gasteiger partial charge in [0.05, 0.1) is 5.41 Å². The molecular formula is C20H24ClFN2O2. The number of rotatable bonds is 6. The Labute approximate surface area is 159 Å². The van der Waals surface area contributed by atoms with Crippen molar-refractivity contribution in [1.29, 1.82) is 0 Å². The fourth-order valence-electron chi connectivity index (χ4n) is 3.46. The van der Waals surface area contributed by atoms with E-state index in [9.17, 15) is 9.18 Å². The first-order chi connectivity index (χ1) is 12.1. The molecule has 26 heavy (non-hydrogen) atoms. The number of benzene rings is 2. The van der Waals surface area contributed by atoms with Gasteiger partial charge in [0.2, 0.25) is 5.91 Å². The summed E-state index contributed by atoms with van der Waals surface area (Å²) in [6, 6.07) is 13.6. The lowest BCUT2D eigenvalue weighted by molar-refractivity contribution is -0.121. The Kier molecular flexibility index (Phi) is 7.00. The van der Waals surface area contributed by atoms with Crippen molar-refractivity contribution in [2.45, 2.75) is 31.1 Å². The average Bonchev–Trinajstić information content (AvgIpc) is 3.13. The third-order valence-electron chi connectivity index (χ3n) is 4.79. The van der Waals surface area contributed by atoms with Gasteiger partial charge in [-0.1, -0.05) is 25.0 Å². The van der Waals surface area contributed by atoms with Crippen molar-refractivity contribution >= 4 is 24.0 Å². The van der Waals surface area contributed by atoms with Crippen LogP contribution in [0.2, 0.25) is 0 Å². The molecule has 1 aliphatic rings. The summed E-state index contributed by atoms with van der Waals surface area (Å²) in [5, 5.41) is 3.01. The minimum Gasteiger partial charge on any atom is -0.492 e. The molecule has 3 N–H and O–H groups in total. The minimum absolute atomic E-state index is 0. The number of hydrogen-bond donors (Lipinski definition) is 2. The van der Waals surface area contributed by atoms with E-state index < -0.39 is 5.41 Å². The Morgan fingerprint density at radius 3 is 2.27 bits per heavy atom. The standard InChI is InChI=1S/C20H23FN2O2.ClH/c21-16-5-3-15(4-6-16)20(11-1-2-12-20)19(24)23-17-7-9-18(10-8-17)25-14-13-22;/h3-10H,1-2,11-14,22H2,(H,23,24);1H. The third-order valence-corrected chi connectivity index (χ3v) is 4.79. The first-order valence-electron chi connectivity index (χ1n) is 8.64. The number of nitrogens with two attached hydrogens (primary N) is 1. The fraction of sp³-hybridized carbons (Fsp3) is 0.350.